The summed E-state index contributed by atoms with van der Waals surface area (Å²) in [5.41, 5.74) is 1.98. The molecule has 0 aliphatic carbocycles. The predicted octanol–water partition coefficient (Wildman–Crippen LogP) is 6.19. The van der Waals surface area contributed by atoms with Crippen molar-refractivity contribution in [1.29, 1.82) is 0 Å². The van der Waals surface area contributed by atoms with E-state index in [1.165, 1.54) is 6.08 Å². The van der Waals surface area contributed by atoms with Crippen molar-refractivity contribution in [1.82, 2.24) is 0 Å². The Kier molecular flexibility index (Phi) is 8.38. The molecular weight excluding hydrogens is 480 g/mol. The van der Waals surface area contributed by atoms with Crippen LogP contribution in [0, 0.1) is 0 Å². The van der Waals surface area contributed by atoms with E-state index < -0.39 is 17.8 Å². The molecule has 0 atom stereocenters. The molecule has 0 bridgehead atoms. The molecule has 1 aliphatic rings. The van der Waals surface area contributed by atoms with Gasteiger partial charge < -0.3 is 9.47 Å². The standard InChI is InChI=1S/C31H30N2O5/c1-4-13-23-19-22(21-27(37-6-3)28(23)38-18-5-2)20-26-29(34)32(24-14-9-7-10-15-24)31(36)33(30(26)35)25-16-11-8-12-17-25/h4,7-12,14-17,19-21H,1,5-6,13,18H2,2-3H3. The summed E-state index contributed by atoms with van der Waals surface area (Å²) in [5, 5.41) is 0. The van der Waals surface area contributed by atoms with Crippen molar-refractivity contribution in [2.45, 2.75) is 26.7 Å². The van der Waals surface area contributed by atoms with Gasteiger partial charge >= 0.3 is 6.03 Å². The highest BCUT2D eigenvalue weighted by Gasteiger charge is 2.43. The van der Waals surface area contributed by atoms with Gasteiger partial charge in [0.25, 0.3) is 11.8 Å². The lowest BCUT2D eigenvalue weighted by Gasteiger charge is -2.34. The van der Waals surface area contributed by atoms with E-state index in [1.54, 1.807) is 72.8 Å². The molecule has 3 aromatic rings. The molecule has 7 nitrogen and oxygen atoms in total. The van der Waals surface area contributed by atoms with Crippen LogP contribution in [0.5, 0.6) is 11.5 Å². The lowest BCUT2D eigenvalue weighted by molar-refractivity contribution is -0.121. The lowest BCUT2D eigenvalue weighted by atomic mass is 10.0. The van der Waals surface area contributed by atoms with E-state index in [0.717, 1.165) is 21.8 Å². The molecule has 3 aromatic carbocycles. The number of anilines is 2. The zero-order chi connectivity index (χ0) is 27.1. The fourth-order valence-electron chi connectivity index (χ4n) is 4.21. The van der Waals surface area contributed by atoms with Gasteiger partial charge in [0.15, 0.2) is 11.5 Å². The van der Waals surface area contributed by atoms with E-state index in [0.29, 0.717) is 48.1 Å². The van der Waals surface area contributed by atoms with Gasteiger partial charge in [-0.2, -0.15) is 0 Å². The Morgan fingerprint density at radius 3 is 1.89 bits per heavy atom. The number of carbonyl (C=O) groups is 3. The van der Waals surface area contributed by atoms with Crippen LogP contribution < -0.4 is 19.3 Å². The molecule has 0 saturated carbocycles. The lowest BCUT2D eigenvalue weighted by Crippen LogP contribution is -2.57. The first kappa shape index (κ1) is 26.4. The van der Waals surface area contributed by atoms with Crippen LogP contribution in [0.25, 0.3) is 6.08 Å². The molecule has 0 N–H and O–H groups in total. The molecule has 4 rings (SSSR count). The SMILES string of the molecule is C=CCc1cc(C=C2C(=O)N(c3ccccc3)C(=O)N(c3ccccc3)C2=O)cc(OCC)c1OCCC. The first-order chi connectivity index (χ1) is 18.5. The number of amides is 4. The van der Waals surface area contributed by atoms with Crippen molar-refractivity contribution in [3.63, 3.8) is 0 Å². The average Bonchev–Trinajstić information content (AvgIpc) is 2.92. The van der Waals surface area contributed by atoms with Gasteiger partial charge in [-0.1, -0.05) is 49.4 Å². The van der Waals surface area contributed by atoms with Crippen LogP contribution in [0.4, 0.5) is 16.2 Å². The van der Waals surface area contributed by atoms with Crippen molar-refractivity contribution in [2.75, 3.05) is 23.0 Å². The number of barbiturate groups is 1. The quantitative estimate of drug-likeness (QED) is 0.185. The average molecular weight is 511 g/mol. The number of rotatable bonds is 10. The van der Waals surface area contributed by atoms with Crippen molar-refractivity contribution >= 4 is 35.3 Å². The Morgan fingerprint density at radius 2 is 1.39 bits per heavy atom. The number of imide groups is 2. The van der Waals surface area contributed by atoms with Gasteiger partial charge in [0, 0.05) is 5.56 Å². The second-order valence-electron chi connectivity index (χ2n) is 8.57. The summed E-state index contributed by atoms with van der Waals surface area (Å²) in [6, 6.07) is 20.0. The number of allylic oxidation sites excluding steroid dienone is 1. The molecule has 1 fully saturated rings. The maximum absolute atomic E-state index is 13.7. The Balaban J connectivity index is 1.87. The van der Waals surface area contributed by atoms with Gasteiger partial charge in [-0.05, 0) is 67.8 Å². The van der Waals surface area contributed by atoms with Crippen LogP contribution in [0.15, 0.2) is 91.0 Å². The van der Waals surface area contributed by atoms with E-state index in [2.05, 4.69) is 6.58 Å². The number of ether oxygens (including phenoxy) is 2. The van der Waals surface area contributed by atoms with Crippen molar-refractivity contribution in [2.24, 2.45) is 0 Å². The van der Waals surface area contributed by atoms with Crippen molar-refractivity contribution < 1.29 is 23.9 Å². The molecule has 0 radical (unpaired) electrons. The minimum absolute atomic E-state index is 0.147. The summed E-state index contributed by atoms with van der Waals surface area (Å²) >= 11 is 0. The van der Waals surface area contributed by atoms with Gasteiger partial charge in [-0.3, -0.25) is 9.59 Å². The normalized spacial score (nSPS) is 13.5. The largest absolute Gasteiger partial charge is 0.490 e. The van der Waals surface area contributed by atoms with Crippen LogP contribution in [0.3, 0.4) is 0 Å². The molecular formula is C31H30N2O5. The third-order valence-electron chi connectivity index (χ3n) is 5.86. The monoisotopic (exact) mass is 510 g/mol. The molecule has 1 aliphatic heterocycles. The summed E-state index contributed by atoms with van der Waals surface area (Å²) in [7, 11) is 0. The number of para-hydroxylation sites is 2. The maximum Gasteiger partial charge on any atom is 0.343 e. The van der Waals surface area contributed by atoms with E-state index in [1.807, 2.05) is 19.9 Å². The zero-order valence-corrected chi connectivity index (χ0v) is 21.6. The third kappa shape index (κ3) is 5.37. The highest BCUT2D eigenvalue weighted by Crippen LogP contribution is 2.36. The molecule has 1 saturated heterocycles. The molecule has 0 spiro atoms. The summed E-state index contributed by atoms with van der Waals surface area (Å²) in [4.78, 5) is 42.9. The molecule has 38 heavy (non-hydrogen) atoms. The van der Waals surface area contributed by atoms with Gasteiger partial charge in [0.2, 0.25) is 0 Å². The van der Waals surface area contributed by atoms with Crippen LogP contribution in [-0.2, 0) is 16.0 Å². The second-order valence-corrected chi connectivity index (χ2v) is 8.57. The van der Waals surface area contributed by atoms with E-state index in [4.69, 9.17) is 9.47 Å². The molecule has 1 heterocycles. The number of carbonyl (C=O) groups excluding carboxylic acids is 3. The number of benzene rings is 3. The minimum atomic E-state index is -0.736. The van der Waals surface area contributed by atoms with Crippen LogP contribution >= 0.6 is 0 Å². The van der Waals surface area contributed by atoms with Gasteiger partial charge in [-0.25, -0.2) is 14.6 Å². The fraction of sp³-hybridized carbons (Fsp3) is 0.194. The summed E-state index contributed by atoms with van der Waals surface area (Å²) in [5.74, 6) is -0.274. The maximum atomic E-state index is 13.7. The van der Waals surface area contributed by atoms with Gasteiger partial charge in [-0.15, -0.1) is 6.58 Å². The van der Waals surface area contributed by atoms with Crippen LogP contribution in [-0.4, -0.2) is 31.1 Å². The fourth-order valence-corrected chi connectivity index (χ4v) is 4.21. The van der Waals surface area contributed by atoms with Crippen molar-refractivity contribution in [3.05, 3.63) is 102 Å². The summed E-state index contributed by atoms with van der Waals surface area (Å²) in [6.45, 7) is 8.66. The predicted molar refractivity (Wildman–Crippen MR) is 149 cm³/mol. The number of hydrogen-bond acceptors (Lipinski definition) is 5. The molecule has 4 amide bonds. The molecule has 0 aromatic heterocycles. The summed E-state index contributed by atoms with van der Waals surface area (Å²) < 4.78 is 11.9. The van der Waals surface area contributed by atoms with E-state index in [-0.39, 0.29) is 5.57 Å². The van der Waals surface area contributed by atoms with E-state index >= 15 is 0 Å². The van der Waals surface area contributed by atoms with Crippen LogP contribution in [0.1, 0.15) is 31.4 Å². The Hall–Kier alpha value is -4.65. The van der Waals surface area contributed by atoms with Gasteiger partial charge in [0.05, 0.1) is 24.6 Å². The molecule has 0 unspecified atom stereocenters. The Morgan fingerprint density at radius 1 is 0.816 bits per heavy atom. The van der Waals surface area contributed by atoms with Gasteiger partial charge in [0.1, 0.15) is 5.57 Å². The second kappa shape index (κ2) is 12.1. The minimum Gasteiger partial charge on any atom is -0.490 e. The first-order valence-electron chi connectivity index (χ1n) is 12.6. The highest BCUT2D eigenvalue weighted by molar-refractivity contribution is 6.46. The van der Waals surface area contributed by atoms with E-state index in [9.17, 15) is 14.4 Å². The van der Waals surface area contributed by atoms with Crippen molar-refractivity contribution in [3.8, 4) is 11.5 Å². The topological polar surface area (TPSA) is 76.2 Å². The number of urea groups is 1. The number of hydrogen-bond donors (Lipinski definition) is 0. The Labute approximate surface area is 222 Å². The van der Waals surface area contributed by atoms with Crippen LogP contribution in [0.2, 0.25) is 0 Å². The summed E-state index contributed by atoms with van der Waals surface area (Å²) in [6.07, 6.45) is 4.59. The smallest absolute Gasteiger partial charge is 0.343 e. The third-order valence-corrected chi connectivity index (χ3v) is 5.86. The highest BCUT2D eigenvalue weighted by atomic mass is 16.5. The Bertz CT molecular complexity index is 1300. The first-order valence-corrected chi connectivity index (χ1v) is 12.6. The number of nitrogens with zero attached hydrogens (tertiary/aromatic N) is 2. The molecule has 194 valence electrons. The molecule has 7 heteroatoms. The zero-order valence-electron chi connectivity index (χ0n) is 21.6.